The predicted molar refractivity (Wildman–Crippen MR) is 271 cm³/mol. The van der Waals surface area contributed by atoms with Crippen LogP contribution in [0.2, 0.25) is 0 Å². The van der Waals surface area contributed by atoms with Gasteiger partial charge in [0, 0.05) is 102 Å². The summed E-state index contributed by atoms with van der Waals surface area (Å²) >= 11 is 6.84. The number of aromatic nitrogens is 1. The van der Waals surface area contributed by atoms with Crippen LogP contribution in [0.15, 0.2) is 112 Å². The van der Waals surface area contributed by atoms with Gasteiger partial charge in [0.05, 0.1) is 31.3 Å². The molecule has 9 rings (SSSR count). The average molecular weight is 1100 g/mol. The molecule has 0 fully saturated rings. The van der Waals surface area contributed by atoms with Crippen molar-refractivity contribution in [2.24, 2.45) is 10.4 Å². The van der Waals surface area contributed by atoms with Crippen LogP contribution < -0.4 is 30.2 Å². The number of sulfonamides is 1. The molecule has 1 aromatic heterocycles. The third-order valence-electron chi connectivity index (χ3n) is 13.3. The molecule has 0 atom stereocenters. The Morgan fingerprint density at radius 3 is 2.35 bits per heavy atom. The van der Waals surface area contributed by atoms with Crippen molar-refractivity contribution < 1.29 is 40.2 Å². The maximum absolute atomic E-state index is 14.3. The molecule has 0 saturated carbocycles. The van der Waals surface area contributed by atoms with E-state index in [1.165, 1.54) is 12.1 Å². The van der Waals surface area contributed by atoms with Gasteiger partial charge in [-0.3, -0.25) is 23.9 Å². The highest BCUT2D eigenvalue weighted by Crippen LogP contribution is 2.50. The van der Waals surface area contributed by atoms with Gasteiger partial charge in [0.2, 0.25) is 32.9 Å². The molecule has 0 bridgehead atoms. The van der Waals surface area contributed by atoms with E-state index in [1.54, 1.807) is 10.8 Å². The smallest absolute Gasteiger partial charge is 0.295 e. The highest BCUT2D eigenvalue weighted by Gasteiger charge is 2.48. The normalized spacial score (nSPS) is 16.5. The van der Waals surface area contributed by atoms with E-state index in [-0.39, 0.29) is 36.8 Å². The van der Waals surface area contributed by atoms with Crippen LogP contribution in [0.3, 0.4) is 0 Å². The Morgan fingerprint density at radius 1 is 0.928 bits per heavy atom. The zero-order valence-corrected chi connectivity index (χ0v) is 43.1. The molecular weight excluding hydrogens is 1050 g/mol. The second kappa shape index (κ2) is 18.7. The van der Waals surface area contributed by atoms with E-state index in [1.807, 2.05) is 76.2 Å². The zero-order valence-electron chi connectivity index (χ0n) is 38.3. The molecule has 16 nitrogen and oxygen atoms in total. The number of rotatable bonds is 14. The van der Waals surface area contributed by atoms with Crippen LogP contribution in [0.5, 0.6) is 0 Å². The van der Waals surface area contributed by atoms with Gasteiger partial charge in [-0.1, -0.05) is 18.2 Å². The highest BCUT2D eigenvalue weighted by molar-refractivity contribution is 9.13. The Morgan fingerprint density at radius 2 is 1.65 bits per heavy atom. The minimum atomic E-state index is -5.02. The van der Waals surface area contributed by atoms with Crippen molar-refractivity contribution in [3.63, 3.8) is 0 Å². The van der Waals surface area contributed by atoms with Gasteiger partial charge in [0.1, 0.15) is 41.6 Å². The fraction of sp³-hybridized carbons (Fsp3) is 0.327. The summed E-state index contributed by atoms with van der Waals surface area (Å²) in [5, 5.41) is 7.45. The molecule has 2 aromatic carbocycles. The number of allylic oxidation sites excluding steroid dienone is 6. The molecule has 3 aromatic rings. The molecular formula is C49H50Br2N7O9S2+. The number of nitrogens with zero attached hydrogens (tertiary/aromatic N) is 4. The van der Waals surface area contributed by atoms with Crippen molar-refractivity contribution in [2.75, 3.05) is 57.3 Å². The number of ketones is 2. The first-order chi connectivity index (χ1) is 32.9. The Balaban J connectivity index is 0.960. The quantitative estimate of drug-likeness (QED) is 0.0444. The lowest BCUT2D eigenvalue weighted by molar-refractivity contribution is -0.121. The van der Waals surface area contributed by atoms with E-state index < -0.39 is 41.3 Å². The molecule has 3 aliphatic heterocycles. The van der Waals surface area contributed by atoms with Crippen molar-refractivity contribution in [3.05, 3.63) is 115 Å². The lowest BCUT2D eigenvalue weighted by atomic mass is 9.66. The predicted octanol–water partition coefficient (Wildman–Crippen LogP) is 5.92. The van der Waals surface area contributed by atoms with Crippen LogP contribution in [0.4, 0.5) is 5.69 Å². The number of carbonyl (C=O) groups excluding carboxylic acids is 3. The number of hydrogen-bond acceptors (Lipinski definition) is 11. The third kappa shape index (κ3) is 8.66. The van der Waals surface area contributed by atoms with Crippen LogP contribution in [-0.2, 0) is 42.7 Å². The summed E-state index contributed by atoms with van der Waals surface area (Å²) in [6.07, 6.45) is 6.59. The number of carbonyl (C=O) groups is 3. The Kier molecular flexibility index (Phi) is 13.1. The van der Waals surface area contributed by atoms with Crippen molar-refractivity contribution >= 4 is 91.8 Å². The van der Waals surface area contributed by atoms with Crippen molar-refractivity contribution in [2.45, 2.75) is 56.9 Å². The van der Waals surface area contributed by atoms with Gasteiger partial charge in [-0.15, -0.1) is 0 Å². The number of halogens is 2. The summed E-state index contributed by atoms with van der Waals surface area (Å²) < 4.78 is 78.2. The maximum atomic E-state index is 14.3. The Hall–Kier alpha value is -5.51. The number of amides is 1. The first-order valence-corrected chi connectivity index (χ1v) is 27.3. The highest BCUT2D eigenvalue weighted by atomic mass is 79.9. The summed E-state index contributed by atoms with van der Waals surface area (Å²) in [5.41, 5.74) is 5.20. The summed E-state index contributed by atoms with van der Waals surface area (Å²) in [6.45, 7) is 11.4. The number of aliphatic imine (C=N–C) groups is 1. The van der Waals surface area contributed by atoms with Gasteiger partial charge >= 0.3 is 0 Å². The van der Waals surface area contributed by atoms with E-state index in [4.69, 9.17) is 9.41 Å². The van der Waals surface area contributed by atoms with Crippen molar-refractivity contribution in [1.82, 2.24) is 24.5 Å². The molecule has 0 saturated heterocycles. The Labute approximate surface area is 416 Å². The zero-order chi connectivity index (χ0) is 49.2. The standard InChI is InChI=1S/C49H49Br2N7O9S2/c1-5-56(6-2)29-9-12-32-37(21-29)67-38-22-30(57(7-3)8-4)10-13-33(38)42(32)34-14-11-31(23-39(34)69(64,65)66)68(62,63)55-20-19-52-40(59)27-58-26-28-15-17-53-44-41(28)46(58)48(61)45-43(44)49(16-18-54-45)24-35(50)47(60)36(51)25-49/h9-14,21-26,55H,5-8,15-20,27H2,1-4H3,(H2-,52,53,54,59,64,65,66)/p+1. The average Bonchev–Trinajstić information content (AvgIpc) is 3.69. The molecule has 6 aliphatic rings. The van der Waals surface area contributed by atoms with E-state index in [0.29, 0.717) is 91.0 Å². The Bertz CT molecular complexity index is 3410. The second-order valence-electron chi connectivity index (χ2n) is 17.2. The van der Waals surface area contributed by atoms with Crippen LogP contribution in [0.25, 0.3) is 33.4 Å². The molecule has 0 unspecified atom stereocenters. The lowest BCUT2D eigenvalue weighted by Crippen LogP contribution is -2.45. The minimum absolute atomic E-state index is 0.0786. The van der Waals surface area contributed by atoms with Gasteiger partial charge < -0.3 is 24.5 Å². The molecule has 4 heterocycles. The third-order valence-corrected chi connectivity index (χ3v) is 16.8. The number of anilines is 1. The SMILES string of the molecule is CCN(CC)c1ccc2c(-c3ccc(S(=O)(=O)NCCNC(=O)Cn4cc5c6c4C(=O)C4=C(C6=NCC5)C5(C=C(Br)C(=O)C(Br)=C5)CCN4)cc3S(=O)(=O)O)c3ccc(=[N+](CC)CC)cc-3oc2c1. The summed E-state index contributed by atoms with van der Waals surface area (Å²) in [7, 11) is -9.41. The fourth-order valence-corrected chi connectivity index (χ4v) is 13.4. The summed E-state index contributed by atoms with van der Waals surface area (Å²) in [6, 6.07) is 14.9. The first-order valence-electron chi connectivity index (χ1n) is 22.8. The van der Waals surface area contributed by atoms with Crippen LogP contribution in [0.1, 0.15) is 55.7 Å². The molecule has 1 spiro atoms. The summed E-state index contributed by atoms with van der Waals surface area (Å²) in [4.78, 5) is 46.5. The number of Topliss-reactive ketones (excluding diaryl/α,β-unsaturated/α-hetero) is 2. The fourth-order valence-electron chi connectivity index (χ4n) is 10.0. The van der Waals surface area contributed by atoms with Crippen LogP contribution in [-0.4, -0.2) is 101 Å². The number of nitrogens with one attached hydrogen (secondary N) is 3. The van der Waals surface area contributed by atoms with E-state index in [0.717, 1.165) is 48.9 Å². The van der Waals surface area contributed by atoms with E-state index in [2.05, 4.69) is 56.7 Å². The van der Waals surface area contributed by atoms with Crippen LogP contribution >= 0.6 is 31.9 Å². The molecule has 360 valence electrons. The van der Waals surface area contributed by atoms with Gasteiger partial charge in [-0.25, -0.2) is 17.7 Å². The largest absolute Gasteiger partial charge is 0.456 e. The second-order valence-corrected chi connectivity index (χ2v) is 22.0. The number of benzene rings is 3. The van der Waals surface area contributed by atoms with Crippen molar-refractivity contribution in [3.8, 4) is 22.5 Å². The topological polar surface area (TPSA) is 212 Å². The monoisotopic (exact) mass is 1100 g/mol. The summed E-state index contributed by atoms with van der Waals surface area (Å²) in [5.74, 6) is -0.510. The maximum Gasteiger partial charge on any atom is 0.295 e. The van der Waals surface area contributed by atoms with Gasteiger partial charge in [-0.05, 0) is 108 Å². The van der Waals surface area contributed by atoms with E-state index in [9.17, 15) is 35.8 Å². The first kappa shape index (κ1) is 48.5. The molecule has 0 radical (unpaired) electrons. The molecule has 3 aliphatic carbocycles. The lowest BCUT2D eigenvalue weighted by Gasteiger charge is -2.41. The van der Waals surface area contributed by atoms with Gasteiger partial charge in [0.25, 0.3) is 10.1 Å². The van der Waals surface area contributed by atoms with Crippen LogP contribution in [0, 0.1) is 5.41 Å². The number of fused-ring (bicyclic) bond motifs is 4. The molecule has 69 heavy (non-hydrogen) atoms. The molecule has 1 amide bonds. The molecule has 4 N–H and O–H groups in total. The van der Waals surface area contributed by atoms with Crippen molar-refractivity contribution in [1.29, 1.82) is 0 Å². The van der Waals surface area contributed by atoms with Gasteiger partial charge in [-0.2, -0.15) is 8.42 Å². The van der Waals surface area contributed by atoms with E-state index >= 15 is 0 Å². The molecule has 20 heteroatoms. The van der Waals surface area contributed by atoms with Gasteiger partial charge in [0.15, 0.2) is 0 Å². The minimum Gasteiger partial charge on any atom is -0.456 e. The number of hydrogen-bond donors (Lipinski definition) is 4.